The second kappa shape index (κ2) is 8.91. The van der Waals surface area contributed by atoms with Gasteiger partial charge in [-0.05, 0) is 49.7 Å². The summed E-state index contributed by atoms with van der Waals surface area (Å²) in [5, 5.41) is 0. The Kier molecular flexibility index (Phi) is 6.09. The van der Waals surface area contributed by atoms with Crippen molar-refractivity contribution in [2.45, 2.75) is 19.4 Å². The van der Waals surface area contributed by atoms with Gasteiger partial charge in [-0.2, -0.15) is 0 Å². The molecule has 1 amide bonds. The van der Waals surface area contributed by atoms with E-state index in [1.165, 1.54) is 18.2 Å². The minimum absolute atomic E-state index is 0.0205. The number of piperidine rings is 1. The summed E-state index contributed by atoms with van der Waals surface area (Å²) in [6.07, 6.45) is 1.85. The van der Waals surface area contributed by atoms with Crippen molar-refractivity contribution in [2.75, 3.05) is 44.2 Å². The number of halogens is 2. The summed E-state index contributed by atoms with van der Waals surface area (Å²) in [4.78, 5) is 19.4. The normalized spacial score (nSPS) is 20.7. The molecule has 0 bridgehead atoms. The van der Waals surface area contributed by atoms with Crippen molar-refractivity contribution in [1.29, 1.82) is 0 Å². The van der Waals surface area contributed by atoms with Gasteiger partial charge in [0.05, 0.1) is 5.92 Å². The van der Waals surface area contributed by atoms with Crippen LogP contribution in [0.15, 0.2) is 48.5 Å². The largest absolute Gasteiger partial charge is 0.368 e. The second-order valence-electron chi connectivity index (χ2n) is 7.95. The first-order chi connectivity index (χ1) is 14.1. The number of anilines is 1. The number of rotatable bonds is 4. The van der Waals surface area contributed by atoms with Crippen LogP contribution in [0, 0.1) is 17.6 Å². The molecule has 29 heavy (non-hydrogen) atoms. The van der Waals surface area contributed by atoms with Crippen LogP contribution in [-0.4, -0.2) is 55.0 Å². The highest BCUT2D eigenvalue weighted by Crippen LogP contribution is 2.23. The summed E-state index contributed by atoms with van der Waals surface area (Å²) in [6.45, 7) is 5.00. The predicted octanol–water partition coefficient (Wildman–Crippen LogP) is 3.53. The van der Waals surface area contributed by atoms with E-state index < -0.39 is 0 Å². The van der Waals surface area contributed by atoms with Crippen molar-refractivity contribution in [3.63, 3.8) is 0 Å². The Balaban J connectivity index is 1.31. The molecule has 2 saturated heterocycles. The van der Waals surface area contributed by atoms with Gasteiger partial charge in [-0.25, -0.2) is 8.78 Å². The zero-order chi connectivity index (χ0) is 20.2. The Bertz CT molecular complexity index is 834. The molecule has 1 unspecified atom stereocenters. The highest BCUT2D eigenvalue weighted by molar-refractivity contribution is 5.79. The fourth-order valence-electron chi connectivity index (χ4n) is 4.36. The fourth-order valence-corrected chi connectivity index (χ4v) is 4.36. The summed E-state index contributed by atoms with van der Waals surface area (Å²) < 4.78 is 27.1. The van der Waals surface area contributed by atoms with E-state index in [1.54, 1.807) is 18.2 Å². The average Bonchev–Trinajstić information content (AvgIpc) is 2.76. The van der Waals surface area contributed by atoms with E-state index in [2.05, 4.69) is 9.80 Å². The SMILES string of the molecule is O=C(C1CCCN(Cc2ccccc2F)C1)N1CCN(c2ccc(F)cc2)CC1. The van der Waals surface area contributed by atoms with E-state index in [4.69, 9.17) is 0 Å². The van der Waals surface area contributed by atoms with Crippen LogP contribution in [0.25, 0.3) is 0 Å². The molecule has 0 spiro atoms. The predicted molar refractivity (Wildman–Crippen MR) is 110 cm³/mol. The molecule has 0 N–H and O–H groups in total. The maximum atomic E-state index is 14.0. The van der Waals surface area contributed by atoms with E-state index in [0.29, 0.717) is 31.7 Å². The molecule has 2 fully saturated rings. The van der Waals surface area contributed by atoms with Crippen LogP contribution in [0.1, 0.15) is 18.4 Å². The Labute approximate surface area is 170 Å². The van der Waals surface area contributed by atoms with Crippen molar-refractivity contribution in [3.05, 3.63) is 65.7 Å². The first-order valence-electron chi connectivity index (χ1n) is 10.4. The molecule has 2 heterocycles. The topological polar surface area (TPSA) is 26.8 Å². The molecule has 154 valence electrons. The van der Waals surface area contributed by atoms with Crippen LogP contribution >= 0.6 is 0 Å². The molecule has 2 aromatic rings. The molecular weight excluding hydrogens is 372 g/mol. The van der Waals surface area contributed by atoms with Crippen LogP contribution in [0.2, 0.25) is 0 Å². The lowest BCUT2D eigenvalue weighted by molar-refractivity contribution is -0.137. The molecule has 0 aliphatic carbocycles. The van der Waals surface area contributed by atoms with Crippen molar-refractivity contribution >= 4 is 11.6 Å². The molecule has 6 heteroatoms. The Morgan fingerprint density at radius 1 is 0.931 bits per heavy atom. The van der Waals surface area contributed by atoms with Gasteiger partial charge in [-0.1, -0.05) is 18.2 Å². The van der Waals surface area contributed by atoms with Gasteiger partial charge in [0.2, 0.25) is 5.91 Å². The monoisotopic (exact) mass is 399 g/mol. The Morgan fingerprint density at radius 2 is 1.66 bits per heavy atom. The van der Waals surface area contributed by atoms with E-state index in [0.717, 1.165) is 38.2 Å². The number of carbonyl (C=O) groups is 1. The smallest absolute Gasteiger partial charge is 0.227 e. The number of likely N-dealkylation sites (tertiary alicyclic amines) is 1. The number of nitrogens with zero attached hydrogens (tertiary/aromatic N) is 3. The summed E-state index contributed by atoms with van der Waals surface area (Å²) in [5.74, 6) is -0.229. The van der Waals surface area contributed by atoms with Crippen LogP contribution in [-0.2, 0) is 11.3 Å². The number of amides is 1. The third-order valence-corrected chi connectivity index (χ3v) is 5.99. The van der Waals surface area contributed by atoms with Gasteiger partial charge in [0.15, 0.2) is 0 Å². The minimum Gasteiger partial charge on any atom is -0.368 e. The van der Waals surface area contributed by atoms with E-state index in [1.807, 2.05) is 17.0 Å². The minimum atomic E-state index is -0.236. The Hall–Kier alpha value is -2.47. The van der Waals surface area contributed by atoms with E-state index in [9.17, 15) is 13.6 Å². The van der Waals surface area contributed by atoms with Crippen LogP contribution < -0.4 is 4.90 Å². The third kappa shape index (κ3) is 4.75. The maximum Gasteiger partial charge on any atom is 0.227 e. The van der Waals surface area contributed by atoms with Gasteiger partial charge >= 0.3 is 0 Å². The molecule has 2 aromatic carbocycles. The maximum absolute atomic E-state index is 14.0. The third-order valence-electron chi connectivity index (χ3n) is 5.99. The lowest BCUT2D eigenvalue weighted by atomic mass is 9.95. The molecule has 4 nitrogen and oxygen atoms in total. The molecule has 2 aliphatic rings. The van der Waals surface area contributed by atoms with Gasteiger partial charge in [0.25, 0.3) is 0 Å². The molecule has 0 aromatic heterocycles. The number of carbonyl (C=O) groups excluding carboxylic acids is 1. The molecule has 0 radical (unpaired) electrons. The lowest BCUT2D eigenvalue weighted by Gasteiger charge is -2.39. The fraction of sp³-hybridized carbons (Fsp3) is 0.435. The Morgan fingerprint density at radius 3 is 2.38 bits per heavy atom. The van der Waals surface area contributed by atoms with Crippen molar-refractivity contribution in [1.82, 2.24) is 9.80 Å². The zero-order valence-electron chi connectivity index (χ0n) is 16.6. The van der Waals surface area contributed by atoms with E-state index in [-0.39, 0.29) is 23.5 Å². The van der Waals surface area contributed by atoms with E-state index >= 15 is 0 Å². The standard InChI is InChI=1S/C23H27F2N3O/c24-20-7-9-21(10-8-20)27-12-14-28(15-13-27)23(29)19-5-3-11-26(17-19)16-18-4-1-2-6-22(18)25/h1-2,4,6-10,19H,3,5,11-17H2. The highest BCUT2D eigenvalue weighted by Gasteiger charge is 2.31. The first-order valence-corrected chi connectivity index (χ1v) is 10.4. The quantitative estimate of drug-likeness (QED) is 0.787. The van der Waals surface area contributed by atoms with Gasteiger partial charge in [0, 0.05) is 50.5 Å². The first kappa shape index (κ1) is 19.8. The van der Waals surface area contributed by atoms with Crippen molar-refractivity contribution < 1.29 is 13.6 Å². The van der Waals surface area contributed by atoms with Crippen molar-refractivity contribution in [3.8, 4) is 0 Å². The van der Waals surface area contributed by atoms with Crippen LogP contribution in [0.4, 0.5) is 14.5 Å². The van der Waals surface area contributed by atoms with Crippen LogP contribution in [0.5, 0.6) is 0 Å². The van der Waals surface area contributed by atoms with Gasteiger partial charge in [-0.3, -0.25) is 9.69 Å². The molecule has 1 atom stereocenters. The highest BCUT2D eigenvalue weighted by atomic mass is 19.1. The molecule has 2 aliphatic heterocycles. The second-order valence-corrected chi connectivity index (χ2v) is 7.95. The molecule has 4 rings (SSSR count). The average molecular weight is 399 g/mol. The van der Waals surface area contributed by atoms with Crippen molar-refractivity contribution in [2.24, 2.45) is 5.92 Å². The number of hydrogen-bond donors (Lipinski definition) is 0. The van der Waals surface area contributed by atoms with Gasteiger partial charge in [0.1, 0.15) is 11.6 Å². The van der Waals surface area contributed by atoms with Gasteiger partial charge < -0.3 is 9.80 Å². The number of benzene rings is 2. The van der Waals surface area contributed by atoms with Gasteiger partial charge in [-0.15, -0.1) is 0 Å². The molecule has 0 saturated carbocycles. The van der Waals surface area contributed by atoms with Crippen LogP contribution in [0.3, 0.4) is 0 Å². The number of piperazine rings is 1. The summed E-state index contributed by atoms with van der Waals surface area (Å²) in [6, 6.07) is 13.4. The summed E-state index contributed by atoms with van der Waals surface area (Å²) >= 11 is 0. The lowest BCUT2D eigenvalue weighted by Crippen LogP contribution is -2.52. The summed E-state index contributed by atoms with van der Waals surface area (Å²) in [7, 11) is 0. The zero-order valence-corrected chi connectivity index (χ0v) is 16.6. The number of hydrogen-bond acceptors (Lipinski definition) is 3. The molecular formula is C23H27F2N3O. The summed E-state index contributed by atoms with van der Waals surface area (Å²) in [5.41, 5.74) is 1.68.